The van der Waals surface area contributed by atoms with Crippen LogP contribution in [-0.2, 0) is 6.42 Å². The lowest BCUT2D eigenvalue weighted by molar-refractivity contribution is -0.0498. The molecule has 0 aliphatic carbocycles. The molecule has 2 aromatic carbocycles. The molecule has 2 rings (SSSR count). The maximum Gasteiger partial charge on any atom is 0.387 e. The summed E-state index contributed by atoms with van der Waals surface area (Å²) in [6.07, 6.45) is 0.663. The van der Waals surface area contributed by atoms with Crippen molar-refractivity contribution in [3.8, 4) is 5.75 Å². The number of rotatable bonds is 5. The number of hydrogen-bond acceptors (Lipinski definition) is 2. The predicted molar refractivity (Wildman–Crippen MR) is 79.6 cm³/mol. The largest absolute Gasteiger partial charge is 0.435 e. The first-order chi connectivity index (χ1) is 9.97. The van der Waals surface area contributed by atoms with Gasteiger partial charge in [0.15, 0.2) is 0 Å². The topological polar surface area (TPSA) is 35.2 Å². The van der Waals surface area contributed by atoms with Crippen LogP contribution in [0.1, 0.15) is 28.3 Å². The van der Waals surface area contributed by atoms with Crippen LogP contribution in [0.5, 0.6) is 5.75 Å². The van der Waals surface area contributed by atoms with Crippen molar-refractivity contribution in [1.29, 1.82) is 0 Å². The van der Waals surface area contributed by atoms with Crippen LogP contribution in [-0.4, -0.2) is 6.61 Å². The molecule has 2 aromatic rings. The summed E-state index contributed by atoms with van der Waals surface area (Å²) < 4.78 is 28.9. The van der Waals surface area contributed by atoms with E-state index in [1.807, 2.05) is 38.1 Å². The van der Waals surface area contributed by atoms with Gasteiger partial charge < -0.3 is 10.5 Å². The highest BCUT2D eigenvalue weighted by molar-refractivity contribution is 5.37. The average Bonchev–Trinajstić information content (AvgIpc) is 2.42. The quantitative estimate of drug-likeness (QED) is 0.898. The van der Waals surface area contributed by atoms with Crippen LogP contribution < -0.4 is 10.5 Å². The Morgan fingerprint density at radius 1 is 1.05 bits per heavy atom. The molecule has 0 saturated carbocycles. The van der Waals surface area contributed by atoms with Crippen molar-refractivity contribution in [2.24, 2.45) is 5.73 Å². The number of alkyl halides is 2. The molecule has 1 atom stereocenters. The summed E-state index contributed by atoms with van der Waals surface area (Å²) in [5, 5.41) is 0. The molecule has 0 spiro atoms. The summed E-state index contributed by atoms with van der Waals surface area (Å²) in [4.78, 5) is 0. The molecule has 0 aromatic heterocycles. The lowest BCUT2D eigenvalue weighted by atomic mass is 9.93. The van der Waals surface area contributed by atoms with Crippen molar-refractivity contribution in [3.05, 3.63) is 64.7 Å². The molecule has 4 heteroatoms. The van der Waals surface area contributed by atoms with Gasteiger partial charge in [0, 0.05) is 6.04 Å². The molecular formula is C17H19F2NO. The SMILES string of the molecule is Cc1cccc(C)c1CC(N)c1cccc(OC(F)F)c1. The Balaban J connectivity index is 2.18. The maximum atomic E-state index is 12.3. The molecule has 0 fully saturated rings. The van der Waals surface area contributed by atoms with Gasteiger partial charge >= 0.3 is 6.61 Å². The zero-order chi connectivity index (χ0) is 15.4. The fraction of sp³-hybridized carbons (Fsp3) is 0.294. The molecule has 0 amide bonds. The minimum Gasteiger partial charge on any atom is -0.435 e. The maximum absolute atomic E-state index is 12.3. The summed E-state index contributed by atoms with van der Waals surface area (Å²) in [6, 6.07) is 12.4. The molecule has 1 unspecified atom stereocenters. The molecule has 2 N–H and O–H groups in total. The van der Waals surface area contributed by atoms with Crippen LogP contribution in [0.3, 0.4) is 0 Å². The summed E-state index contributed by atoms with van der Waals surface area (Å²) in [6.45, 7) is 1.27. The number of nitrogens with two attached hydrogens (primary N) is 1. The third-order valence-corrected chi connectivity index (χ3v) is 3.58. The molecular weight excluding hydrogens is 272 g/mol. The minimum atomic E-state index is -2.82. The van der Waals surface area contributed by atoms with Gasteiger partial charge in [-0.25, -0.2) is 0 Å². The standard InChI is InChI=1S/C17H19F2NO/c1-11-5-3-6-12(2)15(11)10-16(20)13-7-4-8-14(9-13)21-17(18)19/h3-9,16-17H,10,20H2,1-2H3. The number of halogens is 2. The van der Waals surface area contributed by atoms with E-state index in [0.717, 1.165) is 5.56 Å². The lowest BCUT2D eigenvalue weighted by Crippen LogP contribution is -2.15. The van der Waals surface area contributed by atoms with E-state index in [1.54, 1.807) is 12.1 Å². The second-order valence-corrected chi connectivity index (χ2v) is 5.13. The van der Waals surface area contributed by atoms with Crippen LogP contribution >= 0.6 is 0 Å². The summed E-state index contributed by atoms with van der Waals surface area (Å²) in [7, 11) is 0. The Morgan fingerprint density at radius 3 is 2.29 bits per heavy atom. The number of aryl methyl sites for hydroxylation is 2. The molecule has 0 saturated heterocycles. The van der Waals surface area contributed by atoms with Crippen LogP contribution in [0.25, 0.3) is 0 Å². The number of benzene rings is 2. The highest BCUT2D eigenvalue weighted by Gasteiger charge is 2.12. The van der Waals surface area contributed by atoms with Gasteiger partial charge in [-0.3, -0.25) is 0 Å². The molecule has 0 aliphatic rings. The van der Waals surface area contributed by atoms with Gasteiger partial charge in [-0.05, 0) is 54.7 Å². The molecule has 0 aliphatic heterocycles. The second kappa shape index (κ2) is 6.68. The molecule has 0 bridgehead atoms. The highest BCUT2D eigenvalue weighted by Crippen LogP contribution is 2.24. The van der Waals surface area contributed by atoms with Gasteiger partial charge in [0.1, 0.15) is 5.75 Å². The Bertz CT molecular complexity index is 593. The van der Waals surface area contributed by atoms with Crippen molar-refractivity contribution in [3.63, 3.8) is 0 Å². The Labute approximate surface area is 123 Å². The van der Waals surface area contributed by atoms with E-state index < -0.39 is 6.61 Å². The first-order valence-corrected chi connectivity index (χ1v) is 6.83. The van der Waals surface area contributed by atoms with Crippen LogP contribution in [0.2, 0.25) is 0 Å². The Morgan fingerprint density at radius 2 is 1.67 bits per heavy atom. The van der Waals surface area contributed by atoms with E-state index in [1.165, 1.54) is 22.8 Å². The van der Waals surface area contributed by atoms with E-state index in [-0.39, 0.29) is 11.8 Å². The van der Waals surface area contributed by atoms with E-state index in [2.05, 4.69) is 4.74 Å². The summed E-state index contributed by atoms with van der Waals surface area (Å²) in [5.74, 6) is 0.138. The lowest BCUT2D eigenvalue weighted by Gasteiger charge is -2.17. The second-order valence-electron chi connectivity index (χ2n) is 5.13. The fourth-order valence-corrected chi connectivity index (χ4v) is 2.43. The smallest absolute Gasteiger partial charge is 0.387 e. The van der Waals surface area contributed by atoms with Crippen LogP contribution in [0.15, 0.2) is 42.5 Å². The van der Waals surface area contributed by atoms with Crippen molar-refractivity contribution in [2.45, 2.75) is 32.9 Å². The average molecular weight is 291 g/mol. The van der Waals surface area contributed by atoms with Gasteiger partial charge in [0.2, 0.25) is 0 Å². The van der Waals surface area contributed by atoms with E-state index in [0.29, 0.717) is 6.42 Å². The molecule has 21 heavy (non-hydrogen) atoms. The van der Waals surface area contributed by atoms with Crippen LogP contribution in [0, 0.1) is 13.8 Å². The zero-order valence-corrected chi connectivity index (χ0v) is 12.1. The van der Waals surface area contributed by atoms with Crippen molar-refractivity contribution in [2.75, 3.05) is 0 Å². The van der Waals surface area contributed by atoms with Gasteiger partial charge in [-0.2, -0.15) is 8.78 Å². The normalized spacial score (nSPS) is 12.5. The highest BCUT2D eigenvalue weighted by atomic mass is 19.3. The molecule has 0 radical (unpaired) electrons. The van der Waals surface area contributed by atoms with Crippen molar-refractivity contribution in [1.82, 2.24) is 0 Å². The van der Waals surface area contributed by atoms with E-state index in [9.17, 15) is 8.78 Å². The predicted octanol–water partition coefficient (Wildman–Crippen LogP) is 4.15. The number of hydrogen-bond donors (Lipinski definition) is 1. The number of ether oxygens (including phenoxy) is 1. The van der Waals surface area contributed by atoms with Crippen LogP contribution in [0.4, 0.5) is 8.78 Å². The zero-order valence-electron chi connectivity index (χ0n) is 12.1. The van der Waals surface area contributed by atoms with Gasteiger partial charge in [0.05, 0.1) is 0 Å². The monoisotopic (exact) mass is 291 g/mol. The van der Waals surface area contributed by atoms with E-state index in [4.69, 9.17) is 5.73 Å². The van der Waals surface area contributed by atoms with Crippen molar-refractivity contribution < 1.29 is 13.5 Å². The first kappa shape index (κ1) is 15.4. The first-order valence-electron chi connectivity index (χ1n) is 6.83. The molecule has 2 nitrogen and oxygen atoms in total. The summed E-state index contributed by atoms with van der Waals surface area (Å²) >= 11 is 0. The van der Waals surface area contributed by atoms with Gasteiger partial charge in [-0.1, -0.05) is 30.3 Å². The minimum absolute atomic E-state index is 0.138. The van der Waals surface area contributed by atoms with Gasteiger partial charge in [-0.15, -0.1) is 0 Å². The van der Waals surface area contributed by atoms with Crippen molar-refractivity contribution >= 4 is 0 Å². The fourth-order valence-electron chi connectivity index (χ4n) is 2.43. The van der Waals surface area contributed by atoms with Gasteiger partial charge in [0.25, 0.3) is 0 Å². The van der Waals surface area contributed by atoms with E-state index >= 15 is 0 Å². The Hall–Kier alpha value is -1.94. The third-order valence-electron chi connectivity index (χ3n) is 3.58. The summed E-state index contributed by atoms with van der Waals surface area (Å²) in [5.41, 5.74) is 10.6. The molecule has 0 heterocycles. The molecule has 112 valence electrons. The Kier molecular flexibility index (Phi) is 4.91. The third kappa shape index (κ3) is 4.02.